The lowest BCUT2D eigenvalue weighted by Gasteiger charge is -2.39. The second-order valence-corrected chi connectivity index (χ2v) is 9.62. The molecule has 0 N–H and O–H groups in total. The number of nitrogens with zero attached hydrogens (tertiary/aromatic N) is 2. The summed E-state index contributed by atoms with van der Waals surface area (Å²) in [5, 5.41) is 0. The maximum atomic E-state index is 13.2. The highest BCUT2D eigenvalue weighted by Crippen LogP contribution is 2.28. The van der Waals surface area contributed by atoms with Crippen LogP contribution in [-0.4, -0.2) is 55.5 Å². The number of fused-ring (bicyclic) bond motifs is 1. The van der Waals surface area contributed by atoms with Gasteiger partial charge in [-0.15, -0.1) is 0 Å². The number of hydrogen-bond donors (Lipinski definition) is 0. The van der Waals surface area contributed by atoms with E-state index in [2.05, 4.69) is 36.1 Å². The van der Waals surface area contributed by atoms with Crippen LogP contribution in [0.4, 0.5) is 0 Å². The Morgan fingerprint density at radius 3 is 2.42 bits per heavy atom. The third-order valence-electron chi connectivity index (χ3n) is 5.78. The molecule has 144 valence electrons. The lowest BCUT2D eigenvalue weighted by molar-refractivity contribution is -0.139. The zero-order valence-electron chi connectivity index (χ0n) is 15.9. The Morgan fingerprint density at radius 1 is 1.15 bits per heavy atom. The number of piperidine rings is 1. The van der Waals surface area contributed by atoms with Crippen LogP contribution in [0, 0.1) is 5.92 Å². The molecule has 1 saturated heterocycles. The number of rotatable bonds is 5. The summed E-state index contributed by atoms with van der Waals surface area (Å²) in [5.74, 6) is 0.182. The quantitative estimate of drug-likeness (QED) is 0.791. The fourth-order valence-electron chi connectivity index (χ4n) is 4.33. The summed E-state index contributed by atoms with van der Waals surface area (Å²) >= 11 is 0. The molecule has 0 spiro atoms. The van der Waals surface area contributed by atoms with Gasteiger partial charge < -0.3 is 4.90 Å². The van der Waals surface area contributed by atoms with Gasteiger partial charge in [0.15, 0.2) is 0 Å². The van der Waals surface area contributed by atoms with Crippen LogP contribution in [0.15, 0.2) is 24.3 Å². The minimum absolute atomic E-state index is 0.0447. The van der Waals surface area contributed by atoms with Gasteiger partial charge in [-0.2, -0.15) is 0 Å². The van der Waals surface area contributed by atoms with Crippen LogP contribution in [0.2, 0.25) is 0 Å². The van der Waals surface area contributed by atoms with Crippen LogP contribution in [0.25, 0.3) is 0 Å². The van der Waals surface area contributed by atoms with E-state index in [0.29, 0.717) is 25.9 Å². The molecule has 0 saturated carbocycles. The van der Waals surface area contributed by atoms with E-state index in [-0.39, 0.29) is 17.9 Å². The molecule has 1 fully saturated rings. The third-order valence-corrected chi connectivity index (χ3v) is 7.08. The molecule has 1 amide bonds. The first kappa shape index (κ1) is 19.4. The van der Waals surface area contributed by atoms with Gasteiger partial charge in [0.2, 0.25) is 15.9 Å². The van der Waals surface area contributed by atoms with Crippen molar-refractivity contribution < 1.29 is 13.2 Å². The van der Waals surface area contributed by atoms with Crippen molar-refractivity contribution in [2.24, 2.45) is 5.92 Å². The molecule has 1 aliphatic heterocycles. The van der Waals surface area contributed by atoms with Crippen molar-refractivity contribution in [3.8, 4) is 0 Å². The summed E-state index contributed by atoms with van der Waals surface area (Å²) in [7, 11) is -3.15. The smallest absolute Gasteiger partial charge is 0.226 e. The van der Waals surface area contributed by atoms with Crippen LogP contribution in [0.3, 0.4) is 0 Å². The van der Waals surface area contributed by atoms with Crippen LogP contribution in [-0.2, 0) is 27.7 Å². The van der Waals surface area contributed by atoms with E-state index < -0.39 is 10.0 Å². The molecule has 0 unspecified atom stereocenters. The van der Waals surface area contributed by atoms with E-state index in [4.69, 9.17) is 0 Å². The van der Waals surface area contributed by atoms with E-state index in [9.17, 15) is 13.2 Å². The number of carbonyl (C=O) groups is 1. The van der Waals surface area contributed by atoms with Crippen molar-refractivity contribution in [3.63, 3.8) is 0 Å². The molecule has 1 aromatic rings. The molecule has 6 heteroatoms. The normalized spacial score (nSPS) is 22.0. The van der Waals surface area contributed by atoms with Gasteiger partial charge in [-0.05, 0) is 49.7 Å². The van der Waals surface area contributed by atoms with Crippen molar-refractivity contribution in [1.82, 2.24) is 9.21 Å². The standard InChI is InChI=1S/C20H30N2O3S/c1-3-12-22(19-9-8-16-6-4-5-7-18(16)15-19)20(23)17-10-13-21(14-11-17)26(2,24)25/h4-7,17,19H,3,8-15H2,1-2H3/t19-/m1/s1. The third kappa shape index (κ3) is 4.29. The molecule has 1 heterocycles. The number of sulfonamides is 1. The average molecular weight is 379 g/mol. The Morgan fingerprint density at radius 2 is 1.81 bits per heavy atom. The number of aryl methyl sites for hydroxylation is 1. The Hall–Kier alpha value is -1.40. The minimum atomic E-state index is -3.15. The van der Waals surface area contributed by atoms with Crippen LogP contribution < -0.4 is 0 Å². The fraction of sp³-hybridized carbons (Fsp3) is 0.650. The SMILES string of the molecule is CCCN(C(=O)C1CCN(S(C)(=O)=O)CC1)[C@@H]1CCc2ccccc2C1. The maximum Gasteiger partial charge on any atom is 0.226 e. The topological polar surface area (TPSA) is 57.7 Å². The molecule has 2 aliphatic rings. The molecular formula is C20H30N2O3S. The van der Waals surface area contributed by atoms with Gasteiger partial charge in [0.05, 0.1) is 6.26 Å². The summed E-state index contributed by atoms with van der Waals surface area (Å²) in [6.45, 7) is 3.83. The molecule has 5 nitrogen and oxygen atoms in total. The van der Waals surface area contributed by atoms with Gasteiger partial charge in [0, 0.05) is 31.6 Å². The van der Waals surface area contributed by atoms with E-state index in [1.807, 2.05) is 0 Å². The summed E-state index contributed by atoms with van der Waals surface area (Å²) in [5.41, 5.74) is 2.78. The van der Waals surface area contributed by atoms with Gasteiger partial charge in [0.25, 0.3) is 0 Å². The number of hydrogen-bond acceptors (Lipinski definition) is 3. The van der Waals surface area contributed by atoms with Gasteiger partial charge in [0.1, 0.15) is 0 Å². The van der Waals surface area contributed by atoms with Crippen molar-refractivity contribution in [3.05, 3.63) is 35.4 Å². The molecule has 1 atom stereocenters. The molecule has 26 heavy (non-hydrogen) atoms. The van der Waals surface area contributed by atoms with Gasteiger partial charge in [-0.1, -0.05) is 31.2 Å². The maximum absolute atomic E-state index is 13.2. The Kier molecular flexibility index (Phi) is 6.03. The number of carbonyl (C=O) groups excluding carboxylic acids is 1. The minimum Gasteiger partial charge on any atom is -0.339 e. The molecule has 1 aliphatic carbocycles. The van der Waals surface area contributed by atoms with Crippen molar-refractivity contribution >= 4 is 15.9 Å². The monoisotopic (exact) mass is 378 g/mol. The molecule has 0 aromatic heterocycles. The van der Waals surface area contributed by atoms with E-state index in [0.717, 1.165) is 32.2 Å². The molecule has 3 rings (SSSR count). The Labute approximate surface area is 157 Å². The highest BCUT2D eigenvalue weighted by molar-refractivity contribution is 7.88. The molecule has 1 aromatic carbocycles. The second-order valence-electron chi connectivity index (χ2n) is 7.63. The van der Waals surface area contributed by atoms with Crippen LogP contribution >= 0.6 is 0 Å². The highest BCUT2D eigenvalue weighted by Gasteiger charge is 2.34. The van der Waals surface area contributed by atoms with E-state index >= 15 is 0 Å². The zero-order valence-corrected chi connectivity index (χ0v) is 16.7. The highest BCUT2D eigenvalue weighted by atomic mass is 32.2. The predicted octanol–water partition coefficient (Wildman–Crippen LogP) is 2.45. The first-order valence-corrected chi connectivity index (χ1v) is 11.6. The summed E-state index contributed by atoms with van der Waals surface area (Å²) < 4.78 is 24.9. The lowest BCUT2D eigenvalue weighted by Crippen LogP contribution is -2.49. The zero-order chi connectivity index (χ0) is 18.7. The first-order valence-electron chi connectivity index (χ1n) is 9.72. The Balaban J connectivity index is 1.68. The van der Waals surface area contributed by atoms with Crippen LogP contribution in [0.5, 0.6) is 0 Å². The van der Waals surface area contributed by atoms with Crippen LogP contribution in [0.1, 0.15) is 43.7 Å². The number of amides is 1. The first-order chi connectivity index (χ1) is 12.4. The molecular weight excluding hydrogens is 348 g/mol. The number of benzene rings is 1. The van der Waals surface area contributed by atoms with Gasteiger partial charge >= 0.3 is 0 Å². The lowest BCUT2D eigenvalue weighted by atomic mass is 9.86. The van der Waals surface area contributed by atoms with Gasteiger partial charge in [-0.25, -0.2) is 12.7 Å². The molecule has 0 bridgehead atoms. The average Bonchev–Trinajstić information content (AvgIpc) is 2.64. The van der Waals surface area contributed by atoms with Crippen molar-refractivity contribution in [1.29, 1.82) is 0 Å². The van der Waals surface area contributed by atoms with E-state index in [1.165, 1.54) is 21.7 Å². The summed E-state index contributed by atoms with van der Waals surface area (Å²) in [6.07, 6.45) is 6.45. The summed E-state index contributed by atoms with van der Waals surface area (Å²) in [4.78, 5) is 15.3. The molecule has 0 radical (unpaired) electrons. The van der Waals surface area contributed by atoms with Gasteiger partial charge in [-0.3, -0.25) is 4.79 Å². The summed E-state index contributed by atoms with van der Waals surface area (Å²) in [6, 6.07) is 8.81. The predicted molar refractivity (Wildman–Crippen MR) is 103 cm³/mol. The fourth-order valence-corrected chi connectivity index (χ4v) is 5.20. The van der Waals surface area contributed by atoms with Crippen molar-refractivity contribution in [2.45, 2.75) is 51.5 Å². The largest absolute Gasteiger partial charge is 0.339 e. The van der Waals surface area contributed by atoms with Crippen molar-refractivity contribution in [2.75, 3.05) is 25.9 Å². The second kappa shape index (κ2) is 8.09. The Bertz CT molecular complexity index is 739. The van der Waals surface area contributed by atoms with E-state index in [1.54, 1.807) is 0 Å².